The number of benzene rings is 1. The minimum absolute atomic E-state index is 0.421. The Kier molecular flexibility index (Phi) is 5.67. The lowest BCUT2D eigenvalue weighted by Gasteiger charge is -2.14. The summed E-state index contributed by atoms with van der Waals surface area (Å²) in [7, 11) is 0. The predicted molar refractivity (Wildman–Crippen MR) is 78.5 cm³/mol. The highest BCUT2D eigenvalue weighted by Gasteiger charge is 2.15. The van der Waals surface area contributed by atoms with Crippen LogP contribution in [0.25, 0.3) is 0 Å². The van der Waals surface area contributed by atoms with Gasteiger partial charge in [0.25, 0.3) is 0 Å². The molecule has 0 saturated carbocycles. The molecule has 2 unspecified atom stereocenters. The van der Waals surface area contributed by atoms with E-state index in [1.807, 2.05) is 18.2 Å². The highest BCUT2D eigenvalue weighted by atomic mass is 79.9. The fraction of sp³-hybridized carbons (Fsp3) is 0.600. The van der Waals surface area contributed by atoms with Gasteiger partial charge in [0.1, 0.15) is 5.75 Å². The summed E-state index contributed by atoms with van der Waals surface area (Å²) in [5.41, 5.74) is 0.825. The van der Waals surface area contributed by atoms with Gasteiger partial charge in [-0.1, -0.05) is 15.9 Å². The van der Waals surface area contributed by atoms with Gasteiger partial charge in [0, 0.05) is 16.6 Å². The zero-order valence-corrected chi connectivity index (χ0v) is 12.9. The maximum Gasteiger partial charge on any atom is 0.125 e. The Labute approximate surface area is 123 Å². The summed E-state index contributed by atoms with van der Waals surface area (Å²) in [6, 6.07) is 5.74. The molecule has 0 radical (unpaired) electrons. The average molecular weight is 329 g/mol. The van der Waals surface area contributed by atoms with Gasteiger partial charge in [-0.3, -0.25) is 0 Å². The van der Waals surface area contributed by atoms with Gasteiger partial charge in [-0.15, -0.1) is 0 Å². The van der Waals surface area contributed by atoms with Gasteiger partial charge in [-0.25, -0.2) is 0 Å². The van der Waals surface area contributed by atoms with Crippen LogP contribution in [0.1, 0.15) is 44.3 Å². The highest BCUT2D eigenvalue weighted by Crippen LogP contribution is 2.28. The first-order valence-electron chi connectivity index (χ1n) is 6.88. The molecule has 0 aromatic heterocycles. The third-order valence-electron chi connectivity index (χ3n) is 3.37. The summed E-state index contributed by atoms with van der Waals surface area (Å²) in [6.45, 7) is 3.33. The van der Waals surface area contributed by atoms with Crippen LogP contribution in [-0.4, -0.2) is 24.4 Å². The van der Waals surface area contributed by atoms with Gasteiger partial charge in [0.05, 0.1) is 18.8 Å². The van der Waals surface area contributed by atoms with Crippen LogP contribution >= 0.6 is 15.9 Å². The standard InChI is InChI=1S/C15H21BrO3/c1-11(17)14-10-12(16)6-7-15(14)19-9-3-5-13-4-2-8-18-13/h6-7,10-11,13,17H,2-5,8-9H2,1H3. The van der Waals surface area contributed by atoms with Crippen LogP contribution in [0.3, 0.4) is 0 Å². The fourth-order valence-corrected chi connectivity index (χ4v) is 2.72. The molecule has 0 amide bonds. The molecular formula is C15H21BrO3. The van der Waals surface area contributed by atoms with Crippen molar-refractivity contribution in [2.24, 2.45) is 0 Å². The average Bonchev–Trinajstić information content (AvgIpc) is 2.89. The smallest absolute Gasteiger partial charge is 0.125 e. The van der Waals surface area contributed by atoms with Crippen molar-refractivity contribution in [2.45, 2.75) is 44.8 Å². The van der Waals surface area contributed by atoms with Gasteiger partial charge < -0.3 is 14.6 Å². The molecular weight excluding hydrogens is 308 g/mol. The fourth-order valence-electron chi connectivity index (χ4n) is 2.34. The van der Waals surface area contributed by atoms with Crippen molar-refractivity contribution >= 4 is 15.9 Å². The third-order valence-corrected chi connectivity index (χ3v) is 3.87. The van der Waals surface area contributed by atoms with E-state index in [0.717, 1.165) is 35.2 Å². The minimum Gasteiger partial charge on any atom is -0.493 e. The second-order valence-corrected chi connectivity index (χ2v) is 5.90. The number of hydrogen-bond acceptors (Lipinski definition) is 3. The van der Waals surface area contributed by atoms with E-state index < -0.39 is 6.10 Å². The van der Waals surface area contributed by atoms with Crippen molar-refractivity contribution in [2.75, 3.05) is 13.2 Å². The molecule has 0 bridgehead atoms. The first-order valence-corrected chi connectivity index (χ1v) is 7.68. The SMILES string of the molecule is CC(O)c1cc(Br)ccc1OCCCC1CCCO1. The quantitative estimate of drug-likeness (QED) is 0.806. The molecule has 1 fully saturated rings. The normalized spacial score (nSPS) is 20.5. The summed E-state index contributed by atoms with van der Waals surface area (Å²) in [6.07, 6.45) is 4.30. The number of hydrogen-bond donors (Lipinski definition) is 1. The molecule has 1 aliphatic rings. The van der Waals surface area contributed by atoms with Crippen LogP contribution in [0.2, 0.25) is 0 Å². The summed E-state index contributed by atoms with van der Waals surface area (Å²) < 4.78 is 12.3. The van der Waals surface area contributed by atoms with Crippen molar-refractivity contribution in [1.29, 1.82) is 0 Å². The summed E-state index contributed by atoms with van der Waals surface area (Å²) >= 11 is 3.41. The molecule has 0 aliphatic carbocycles. The molecule has 4 heteroatoms. The maximum atomic E-state index is 9.74. The Bertz CT molecular complexity index is 400. The van der Waals surface area contributed by atoms with Crippen LogP contribution in [-0.2, 0) is 4.74 Å². The van der Waals surface area contributed by atoms with Gasteiger partial charge in [-0.05, 0) is 50.8 Å². The Morgan fingerprint density at radius 1 is 1.53 bits per heavy atom. The highest BCUT2D eigenvalue weighted by molar-refractivity contribution is 9.10. The number of aliphatic hydroxyl groups is 1. The van der Waals surface area contributed by atoms with Gasteiger partial charge in [0.15, 0.2) is 0 Å². The van der Waals surface area contributed by atoms with E-state index in [9.17, 15) is 5.11 Å². The van der Waals surface area contributed by atoms with Crippen molar-refractivity contribution in [3.05, 3.63) is 28.2 Å². The van der Waals surface area contributed by atoms with Crippen LogP contribution in [0, 0.1) is 0 Å². The van der Waals surface area contributed by atoms with Crippen molar-refractivity contribution in [3.63, 3.8) is 0 Å². The summed E-state index contributed by atoms with van der Waals surface area (Å²) in [5, 5.41) is 9.74. The molecule has 106 valence electrons. The molecule has 1 N–H and O–H groups in total. The monoisotopic (exact) mass is 328 g/mol. The molecule has 1 saturated heterocycles. The zero-order valence-electron chi connectivity index (χ0n) is 11.3. The van der Waals surface area contributed by atoms with Gasteiger partial charge in [0.2, 0.25) is 0 Å². The van der Waals surface area contributed by atoms with Crippen LogP contribution < -0.4 is 4.74 Å². The lowest BCUT2D eigenvalue weighted by Crippen LogP contribution is -2.08. The first-order chi connectivity index (χ1) is 9.16. The van der Waals surface area contributed by atoms with E-state index in [1.54, 1.807) is 6.92 Å². The van der Waals surface area contributed by atoms with Crippen molar-refractivity contribution < 1.29 is 14.6 Å². The summed E-state index contributed by atoms with van der Waals surface area (Å²) in [5.74, 6) is 0.769. The molecule has 2 atom stereocenters. The van der Waals surface area contributed by atoms with Gasteiger partial charge in [-0.2, -0.15) is 0 Å². The molecule has 1 aromatic carbocycles. The third kappa shape index (κ3) is 4.48. The predicted octanol–water partition coefficient (Wildman–Crippen LogP) is 3.84. The van der Waals surface area contributed by atoms with E-state index in [-0.39, 0.29) is 0 Å². The second-order valence-electron chi connectivity index (χ2n) is 4.98. The largest absolute Gasteiger partial charge is 0.493 e. The van der Waals surface area contributed by atoms with E-state index in [0.29, 0.717) is 12.7 Å². The molecule has 1 aromatic rings. The molecule has 1 aliphatic heterocycles. The lowest BCUT2D eigenvalue weighted by atomic mass is 10.1. The van der Waals surface area contributed by atoms with E-state index in [2.05, 4.69) is 15.9 Å². The van der Waals surface area contributed by atoms with Crippen LogP contribution in [0.15, 0.2) is 22.7 Å². The number of rotatable bonds is 6. The van der Waals surface area contributed by atoms with E-state index >= 15 is 0 Å². The molecule has 19 heavy (non-hydrogen) atoms. The maximum absolute atomic E-state index is 9.74. The Hall–Kier alpha value is -0.580. The second kappa shape index (κ2) is 7.27. The van der Waals surface area contributed by atoms with Gasteiger partial charge >= 0.3 is 0 Å². The topological polar surface area (TPSA) is 38.7 Å². The Morgan fingerprint density at radius 2 is 2.37 bits per heavy atom. The summed E-state index contributed by atoms with van der Waals surface area (Å²) in [4.78, 5) is 0. The zero-order chi connectivity index (χ0) is 13.7. The van der Waals surface area contributed by atoms with Crippen LogP contribution in [0.4, 0.5) is 0 Å². The van der Waals surface area contributed by atoms with E-state index in [4.69, 9.17) is 9.47 Å². The van der Waals surface area contributed by atoms with E-state index in [1.165, 1.54) is 12.8 Å². The first kappa shape index (κ1) is 14.8. The molecule has 3 nitrogen and oxygen atoms in total. The van der Waals surface area contributed by atoms with Crippen molar-refractivity contribution in [3.8, 4) is 5.75 Å². The van der Waals surface area contributed by atoms with Crippen molar-refractivity contribution in [1.82, 2.24) is 0 Å². The Morgan fingerprint density at radius 3 is 3.05 bits per heavy atom. The Balaban J connectivity index is 1.81. The molecule has 0 spiro atoms. The number of aliphatic hydroxyl groups excluding tert-OH is 1. The number of ether oxygens (including phenoxy) is 2. The molecule has 2 rings (SSSR count). The minimum atomic E-state index is -0.523. The molecule has 1 heterocycles. The van der Waals surface area contributed by atoms with Crippen LogP contribution in [0.5, 0.6) is 5.75 Å². The lowest BCUT2D eigenvalue weighted by molar-refractivity contribution is 0.0978. The number of halogens is 1.